The van der Waals surface area contributed by atoms with Gasteiger partial charge in [0.05, 0.1) is 30.9 Å². The van der Waals surface area contributed by atoms with Gasteiger partial charge in [-0.05, 0) is 54.1 Å². The number of hydrogen-bond donors (Lipinski definition) is 2. The largest absolute Gasteiger partial charge is 0.493 e. The molecule has 0 aliphatic rings. The molecule has 0 bridgehead atoms. The Hall–Kier alpha value is -4.85. The van der Waals surface area contributed by atoms with Gasteiger partial charge in [-0.25, -0.2) is 9.78 Å². The zero-order chi connectivity index (χ0) is 25.9. The average molecular weight is 499 g/mol. The number of nitrogens with zero attached hydrogens (tertiary/aromatic N) is 1. The fourth-order valence-electron chi connectivity index (χ4n) is 3.41. The van der Waals surface area contributed by atoms with Crippen molar-refractivity contribution in [3.8, 4) is 23.1 Å². The quantitative estimate of drug-likeness (QED) is 0.245. The number of pyridine rings is 1. The average Bonchev–Trinajstić information content (AvgIpc) is 2.91. The Kier molecular flexibility index (Phi) is 8.69. The van der Waals surface area contributed by atoms with Gasteiger partial charge in [-0.15, -0.1) is 0 Å². The minimum absolute atomic E-state index is 0.0335. The highest BCUT2D eigenvalue weighted by molar-refractivity contribution is 6.00. The van der Waals surface area contributed by atoms with E-state index in [2.05, 4.69) is 10.3 Å². The van der Waals surface area contributed by atoms with Crippen LogP contribution in [0, 0.1) is 0 Å². The molecule has 4 aromatic rings. The number of benzene rings is 3. The highest BCUT2D eigenvalue weighted by atomic mass is 16.5. The first-order chi connectivity index (χ1) is 18.1. The topological polar surface area (TPSA) is 107 Å². The van der Waals surface area contributed by atoms with Crippen molar-refractivity contribution in [3.05, 3.63) is 108 Å². The lowest BCUT2D eigenvalue weighted by molar-refractivity contribution is -0.115. The van der Waals surface area contributed by atoms with E-state index >= 15 is 0 Å². The molecule has 0 saturated carbocycles. The fraction of sp³-hybridized carbons (Fsp3) is 0.138. The summed E-state index contributed by atoms with van der Waals surface area (Å²) >= 11 is 0. The van der Waals surface area contributed by atoms with Gasteiger partial charge in [0.15, 0.2) is 0 Å². The summed E-state index contributed by atoms with van der Waals surface area (Å²) in [6.07, 6.45) is 2.35. The molecule has 8 nitrogen and oxygen atoms in total. The lowest BCUT2D eigenvalue weighted by Crippen LogP contribution is -2.16. The van der Waals surface area contributed by atoms with Gasteiger partial charge < -0.3 is 24.6 Å². The predicted octanol–water partition coefficient (Wildman–Crippen LogP) is 5.60. The van der Waals surface area contributed by atoms with Crippen molar-refractivity contribution in [3.63, 3.8) is 0 Å². The minimum atomic E-state index is -1.10. The summed E-state index contributed by atoms with van der Waals surface area (Å²) in [5, 5.41) is 11.9. The normalized spacial score (nSPS) is 10.4. The summed E-state index contributed by atoms with van der Waals surface area (Å²) < 4.78 is 17.2. The highest BCUT2D eigenvalue weighted by Crippen LogP contribution is 2.23. The van der Waals surface area contributed by atoms with Crippen LogP contribution in [0.2, 0.25) is 0 Å². The van der Waals surface area contributed by atoms with Crippen LogP contribution in [0.1, 0.15) is 22.3 Å². The molecule has 0 radical (unpaired) electrons. The van der Waals surface area contributed by atoms with E-state index in [0.29, 0.717) is 30.4 Å². The number of carboxylic acid groups (broad SMARTS) is 1. The van der Waals surface area contributed by atoms with Crippen molar-refractivity contribution in [2.24, 2.45) is 0 Å². The third-order valence-electron chi connectivity index (χ3n) is 5.21. The van der Waals surface area contributed by atoms with E-state index in [4.69, 9.17) is 14.2 Å². The third kappa shape index (κ3) is 7.83. The van der Waals surface area contributed by atoms with Crippen LogP contribution in [-0.4, -0.2) is 35.2 Å². The summed E-state index contributed by atoms with van der Waals surface area (Å²) in [6.45, 7) is 1.11. The molecule has 2 N–H and O–H groups in total. The van der Waals surface area contributed by atoms with Crippen LogP contribution >= 0.6 is 0 Å². The van der Waals surface area contributed by atoms with Crippen molar-refractivity contribution in [2.45, 2.75) is 12.8 Å². The molecular formula is C29H26N2O6. The number of aromatic nitrogens is 1. The minimum Gasteiger partial charge on any atom is -0.493 e. The second-order valence-corrected chi connectivity index (χ2v) is 8.02. The van der Waals surface area contributed by atoms with Crippen molar-refractivity contribution in [1.82, 2.24) is 4.98 Å². The number of hydrogen-bond acceptors (Lipinski definition) is 6. The third-order valence-corrected chi connectivity index (χ3v) is 5.21. The fourth-order valence-corrected chi connectivity index (χ4v) is 3.41. The first-order valence-electron chi connectivity index (χ1n) is 11.7. The SMILES string of the molecule is O=C(Cc1ccc(Oc2ccc(OCCCOc3ccccc3)cc2)nc1)Nc1ccccc1C(=O)O. The number of anilines is 1. The van der Waals surface area contributed by atoms with Gasteiger partial charge in [-0.3, -0.25) is 4.79 Å². The smallest absolute Gasteiger partial charge is 0.337 e. The Morgan fingerprint density at radius 2 is 1.41 bits per heavy atom. The molecule has 1 aromatic heterocycles. The molecule has 0 fully saturated rings. The van der Waals surface area contributed by atoms with E-state index in [0.717, 1.165) is 17.9 Å². The number of para-hydroxylation sites is 2. The molecule has 0 spiro atoms. The Labute approximate surface area is 214 Å². The van der Waals surface area contributed by atoms with Gasteiger partial charge in [-0.2, -0.15) is 0 Å². The number of rotatable bonds is 12. The maximum absolute atomic E-state index is 12.4. The molecule has 1 heterocycles. The zero-order valence-electron chi connectivity index (χ0n) is 20.0. The molecule has 188 valence electrons. The van der Waals surface area contributed by atoms with E-state index in [9.17, 15) is 14.7 Å². The van der Waals surface area contributed by atoms with Gasteiger partial charge in [0.2, 0.25) is 11.8 Å². The molecule has 0 unspecified atom stereocenters. The van der Waals surface area contributed by atoms with Gasteiger partial charge in [0, 0.05) is 18.7 Å². The van der Waals surface area contributed by atoms with Gasteiger partial charge in [-0.1, -0.05) is 36.4 Å². The summed E-state index contributed by atoms with van der Waals surface area (Å²) in [5.41, 5.74) is 0.949. The number of aromatic carboxylic acids is 1. The van der Waals surface area contributed by atoms with Crippen LogP contribution in [0.5, 0.6) is 23.1 Å². The first kappa shape index (κ1) is 25.2. The van der Waals surface area contributed by atoms with Crippen molar-refractivity contribution in [1.29, 1.82) is 0 Å². The molecule has 1 amide bonds. The lowest BCUT2D eigenvalue weighted by Gasteiger charge is -2.10. The molecular weight excluding hydrogens is 472 g/mol. The number of carbonyl (C=O) groups excluding carboxylic acids is 1. The van der Waals surface area contributed by atoms with E-state index in [1.807, 2.05) is 42.5 Å². The molecule has 0 aliphatic heterocycles. The Morgan fingerprint density at radius 3 is 2.08 bits per heavy atom. The van der Waals surface area contributed by atoms with Gasteiger partial charge >= 0.3 is 5.97 Å². The number of carboxylic acids is 1. The molecule has 37 heavy (non-hydrogen) atoms. The summed E-state index contributed by atoms with van der Waals surface area (Å²) in [5.74, 6) is 1.11. The monoisotopic (exact) mass is 498 g/mol. The molecule has 0 saturated heterocycles. The second kappa shape index (κ2) is 12.7. The maximum atomic E-state index is 12.4. The maximum Gasteiger partial charge on any atom is 0.337 e. The summed E-state index contributed by atoms with van der Waals surface area (Å²) in [7, 11) is 0. The highest BCUT2D eigenvalue weighted by Gasteiger charge is 2.12. The van der Waals surface area contributed by atoms with Crippen LogP contribution in [-0.2, 0) is 11.2 Å². The predicted molar refractivity (Wildman–Crippen MR) is 139 cm³/mol. The molecule has 4 rings (SSSR count). The van der Waals surface area contributed by atoms with Crippen LogP contribution in [0.15, 0.2) is 97.2 Å². The van der Waals surface area contributed by atoms with Crippen molar-refractivity contribution in [2.75, 3.05) is 18.5 Å². The van der Waals surface area contributed by atoms with Crippen LogP contribution in [0.25, 0.3) is 0 Å². The Balaban J connectivity index is 1.21. The zero-order valence-corrected chi connectivity index (χ0v) is 20.0. The van der Waals surface area contributed by atoms with Gasteiger partial charge in [0.25, 0.3) is 0 Å². The summed E-state index contributed by atoms with van der Waals surface area (Å²) in [6, 6.07) is 26.5. The van der Waals surface area contributed by atoms with E-state index in [1.165, 1.54) is 6.07 Å². The van der Waals surface area contributed by atoms with Crippen LogP contribution in [0.4, 0.5) is 5.69 Å². The lowest BCUT2D eigenvalue weighted by atomic mass is 10.1. The van der Waals surface area contributed by atoms with E-state index in [-0.39, 0.29) is 23.6 Å². The standard InChI is InChI=1S/C29H26N2O6/c32-27(31-26-10-5-4-9-25(26)29(33)34)19-21-11-16-28(30-20-21)37-24-14-12-23(13-15-24)36-18-6-17-35-22-7-2-1-3-8-22/h1-5,7-16,20H,6,17-19H2,(H,31,32)(H,33,34). The van der Waals surface area contributed by atoms with Crippen molar-refractivity contribution >= 4 is 17.6 Å². The number of nitrogens with one attached hydrogen (secondary N) is 1. The van der Waals surface area contributed by atoms with E-state index in [1.54, 1.807) is 48.7 Å². The van der Waals surface area contributed by atoms with Crippen LogP contribution in [0.3, 0.4) is 0 Å². The molecule has 0 aliphatic carbocycles. The van der Waals surface area contributed by atoms with Crippen molar-refractivity contribution < 1.29 is 28.9 Å². The second-order valence-electron chi connectivity index (χ2n) is 8.02. The van der Waals surface area contributed by atoms with Gasteiger partial charge in [0.1, 0.15) is 17.2 Å². The number of ether oxygens (including phenoxy) is 3. The molecule has 0 atom stereocenters. The molecule has 8 heteroatoms. The number of carbonyl (C=O) groups is 2. The molecule has 3 aromatic carbocycles. The van der Waals surface area contributed by atoms with Crippen LogP contribution < -0.4 is 19.5 Å². The number of amides is 1. The van der Waals surface area contributed by atoms with E-state index < -0.39 is 5.97 Å². The Morgan fingerprint density at radius 1 is 0.757 bits per heavy atom. The first-order valence-corrected chi connectivity index (χ1v) is 11.7. The Bertz CT molecular complexity index is 1310. The summed E-state index contributed by atoms with van der Waals surface area (Å²) in [4.78, 5) is 27.9.